The van der Waals surface area contributed by atoms with Gasteiger partial charge in [0.15, 0.2) is 5.78 Å². The molecule has 0 spiro atoms. The number of ketones is 1. The van der Waals surface area contributed by atoms with Gasteiger partial charge in [0.1, 0.15) is 0 Å². The number of amides is 1. The molecule has 0 aliphatic carbocycles. The molecule has 0 radical (unpaired) electrons. The molecule has 0 aromatic heterocycles. The van der Waals surface area contributed by atoms with Crippen molar-refractivity contribution in [2.75, 3.05) is 0 Å². The zero-order valence-electron chi connectivity index (χ0n) is 13.0. The maximum atomic E-state index is 12.0. The van der Waals surface area contributed by atoms with Crippen LogP contribution in [0.4, 0.5) is 0 Å². The highest BCUT2D eigenvalue weighted by Gasteiger charge is 2.24. The van der Waals surface area contributed by atoms with E-state index in [4.69, 9.17) is 0 Å². The third-order valence-corrected chi connectivity index (χ3v) is 3.70. The first-order valence-corrected chi connectivity index (χ1v) is 7.31. The van der Waals surface area contributed by atoms with Crippen LogP contribution in [0.15, 0.2) is 24.3 Å². The number of Topliss-reactive ketones (excluding diaryl/α,β-unsaturated/α-hetero) is 1. The van der Waals surface area contributed by atoms with Crippen LogP contribution in [-0.4, -0.2) is 11.7 Å². The minimum atomic E-state index is -0.336. The van der Waals surface area contributed by atoms with Crippen LogP contribution in [0, 0.1) is 5.41 Å². The van der Waals surface area contributed by atoms with E-state index in [1.807, 2.05) is 52.0 Å². The van der Waals surface area contributed by atoms with Gasteiger partial charge in [-0.2, -0.15) is 0 Å². The maximum Gasteiger partial charge on any atom is 0.225 e. The van der Waals surface area contributed by atoms with Gasteiger partial charge in [0.05, 0.1) is 0 Å². The molecule has 20 heavy (non-hydrogen) atoms. The molecule has 0 saturated heterocycles. The molecule has 0 bridgehead atoms. The number of benzene rings is 1. The lowest BCUT2D eigenvalue weighted by molar-refractivity contribution is -0.129. The van der Waals surface area contributed by atoms with E-state index in [1.165, 1.54) is 0 Å². The lowest BCUT2D eigenvalue weighted by Crippen LogP contribution is -2.35. The van der Waals surface area contributed by atoms with Crippen LogP contribution in [0.25, 0.3) is 0 Å². The highest BCUT2D eigenvalue weighted by atomic mass is 16.2. The molecular formula is C17H25NO2. The molecule has 1 N–H and O–H groups in total. The van der Waals surface area contributed by atoms with Gasteiger partial charge < -0.3 is 5.32 Å². The van der Waals surface area contributed by atoms with E-state index in [9.17, 15) is 9.59 Å². The van der Waals surface area contributed by atoms with Crippen LogP contribution < -0.4 is 5.32 Å². The predicted molar refractivity (Wildman–Crippen MR) is 81.6 cm³/mol. The van der Waals surface area contributed by atoms with Crippen molar-refractivity contribution in [2.24, 2.45) is 5.41 Å². The smallest absolute Gasteiger partial charge is 0.225 e. The second-order valence-corrected chi connectivity index (χ2v) is 5.79. The van der Waals surface area contributed by atoms with Gasteiger partial charge in [0.25, 0.3) is 0 Å². The summed E-state index contributed by atoms with van der Waals surface area (Å²) in [4.78, 5) is 23.7. The summed E-state index contributed by atoms with van der Waals surface area (Å²) in [6.45, 7) is 8.39. The quantitative estimate of drug-likeness (QED) is 0.771. The van der Waals surface area contributed by atoms with Crippen LogP contribution in [-0.2, 0) is 11.3 Å². The fourth-order valence-electron chi connectivity index (χ4n) is 1.76. The molecule has 1 aromatic carbocycles. The number of rotatable bonds is 7. The molecule has 0 fully saturated rings. The monoisotopic (exact) mass is 275 g/mol. The van der Waals surface area contributed by atoms with Crippen molar-refractivity contribution in [3.63, 3.8) is 0 Å². The first kappa shape index (κ1) is 16.4. The summed E-state index contributed by atoms with van der Waals surface area (Å²) in [5, 5.41) is 2.94. The Morgan fingerprint density at radius 1 is 1.10 bits per heavy atom. The normalized spacial score (nSPS) is 11.2. The van der Waals surface area contributed by atoms with Crippen molar-refractivity contribution < 1.29 is 9.59 Å². The van der Waals surface area contributed by atoms with Crippen LogP contribution >= 0.6 is 0 Å². The van der Waals surface area contributed by atoms with E-state index in [0.29, 0.717) is 13.0 Å². The van der Waals surface area contributed by atoms with Gasteiger partial charge in [-0.25, -0.2) is 0 Å². The highest BCUT2D eigenvalue weighted by molar-refractivity contribution is 5.96. The second kappa shape index (κ2) is 7.22. The second-order valence-electron chi connectivity index (χ2n) is 5.79. The van der Waals surface area contributed by atoms with Crippen LogP contribution in [0.1, 0.15) is 62.9 Å². The summed E-state index contributed by atoms with van der Waals surface area (Å²) >= 11 is 0. The molecule has 1 amide bonds. The van der Waals surface area contributed by atoms with Gasteiger partial charge in [0.2, 0.25) is 5.91 Å². The molecule has 3 nitrogen and oxygen atoms in total. The third kappa shape index (κ3) is 4.48. The Labute approximate surface area is 121 Å². The SMILES string of the molecule is CCCC(=O)c1ccc(CNC(=O)C(C)(C)CC)cc1. The van der Waals surface area contributed by atoms with E-state index in [0.717, 1.165) is 24.0 Å². The Bertz CT molecular complexity index is 460. The minimum absolute atomic E-state index is 0.0612. The average Bonchev–Trinajstić information content (AvgIpc) is 2.45. The molecule has 1 aromatic rings. The Hall–Kier alpha value is -1.64. The number of carbonyl (C=O) groups is 2. The first-order valence-electron chi connectivity index (χ1n) is 7.31. The van der Waals surface area contributed by atoms with Gasteiger partial charge in [0, 0.05) is 23.9 Å². The molecule has 0 aliphatic rings. The summed E-state index contributed by atoms with van der Waals surface area (Å²) in [7, 11) is 0. The lowest BCUT2D eigenvalue weighted by atomic mass is 9.89. The summed E-state index contributed by atoms with van der Waals surface area (Å²) < 4.78 is 0. The van der Waals surface area contributed by atoms with E-state index >= 15 is 0 Å². The van der Waals surface area contributed by atoms with Crippen molar-refractivity contribution >= 4 is 11.7 Å². The Morgan fingerprint density at radius 3 is 2.20 bits per heavy atom. The first-order chi connectivity index (χ1) is 9.40. The van der Waals surface area contributed by atoms with E-state index in [1.54, 1.807) is 0 Å². The minimum Gasteiger partial charge on any atom is -0.352 e. The number of hydrogen-bond acceptors (Lipinski definition) is 2. The summed E-state index contributed by atoms with van der Waals surface area (Å²) in [5.74, 6) is 0.237. The molecule has 0 saturated carbocycles. The van der Waals surface area contributed by atoms with Crippen LogP contribution in [0.3, 0.4) is 0 Å². The molecule has 0 aliphatic heterocycles. The summed E-state index contributed by atoms with van der Waals surface area (Å²) in [5.41, 5.74) is 1.42. The van der Waals surface area contributed by atoms with Gasteiger partial charge >= 0.3 is 0 Å². The van der Waals surface area contributed by atoms with E-state index in [2.05, 4.69) is 5.32 Å². The maximum absolute atomic E-state index is 12.0. The number of hydrogen-bond donors (Lipinski definition) is 1. The van der Waals surface area contributed by atoms with Gasteiger partial charge in [-0.1, -0.05) is 52.0 Å². The molecular weight excluding hydrogens is 250 g/mol. The van der Waals surface area contributed by atoms with Crippen molar-refractivity contribution in [3.05, 3.63) is 35.4 Å². The number of carbonyl (C=O) groups excluding carboxylic acids is 2. The topological polar surface area (TPSA) is 46.2 Å². The molecule has 0 heterocycles. The van der Waals surface area contributed by atoms with E-state index in [-0.39, 0.29) is 17.1 Å². The average molecular weight is 275 g/mol. The molecule has 110 valence electrons. The Kier molecular flexibility index (Phi) is 5.93. The Balaban J connectivity index is 2.58. The summed E-state index contributed by atoms with van der Waals surface area (Å²) in [6.07, 6.45) is 2.26. The third-order valence-electron chi connectivity index (χ3n) is 3.70. The van der Waals surface area contributed by atoms with E-state index < -0.39 is 0 Å². The van der Waals surface area contributed by atoms with Gasteiger partial charge in [-0.05, 0) is 18.4 Å². The van der Waals surface area contributed by atoms with Crippen molar-refractivity contribution in [1.82, 2.24) is 5.32 Å². The molecule has 0 atom stereocenters. The largest absolute Gasteiger partial charge is 0.352 e. The fourth-order valence-corrected chi connectivity index (χ4v) is 1.76. The van der Waals surface area contributed by atoms with Crippen molar-refractivity contribution in [2.45, 2.75) is 53.5 Å². The molecule has 3 heteroatoms. The number of nitrogens with one attached hydrogen (secondary N) is 1. The highest BCUT2D eigenvalue weighted by Crippen LogP contribution is 2.19. The van der Waals surface area contributed by atoms with Crippen molar-refractivity contribution in [3.8, 4) is 0 Å². The van der Waals surface area contributed by atoms with Crippen LogP contribution in [0.2, 0.25) is 0 Å². The van der Waals surface area contributed by atoms with Crippen molar-refractivity contribution in [1.29, 1.82) is 0 Å². The molecule has 1 rings (SSSR count). The van der Waals surface area contributed by atoms with Gasteiger partial charge in [-0.15, -0.1) is 0 Å². The standard InChI is InChI=1S/C17H25NO2/c1-5-7-15(19)14-10-8-13(9-11-14)12-18-16(20)17(3,4)6-2/h8-11H,5-7,12H2,1-4H3,(H,18,20). The van der Waals surface area contributed by atoms with Gasteiger partial charge in [-0.3, -0.25) is 9.59 Å². The molecule has 0 unspecified atom stereocenters. The fraction of sp³-hybridized carbons (Fsp3) is 0.529. The Morgan fingerprint density at radius 2 is 1.70 bits per heavy atom. The lowest BCUT2D eigenvalue weighted by Gasteiger charge is -2.21. The zero-order chi connectivity index (χ0) is 15.2. The summed E-state index contributed by atoms with van der Waals surface area (Å²) in [6, 6.07) is 7.49. The van der Waals surface area contributed by atoms with Crippen LogP contribution in [0.5, 0.6) is 0 Å². The zero-order valence-corrected chi connectivity index (χ0v) is 13.0. The predicted octanol–water partition coefficient (Wildman–Crippen LogP) is 3.72.